The van der Waals surface area contributed by atoms with E-state index in [0.717, 1.165) is 12.1 Å². The Labute approximate surface area is 134 Å². The summed E-state index contributed by atoms with van der Waals surface area (Å²) < 4.78 is 13.2. The minimum absolute atomic E-state index is 0.0168. The first-order chi connectivity index (χ1) is 10.7. The molecule has 2 N–H and O–H groups in total. The van der Waals surface area contributed by atoms with Crippen LogP contribution in [-0.4, -0.2) is 23.8 Å². The van der Waals surface area contributed by atoms with Crippen LogP contribution in [0.25, 0.3) is 0 Å². The Morgan fingerprint density at radius 1 is 1.18 bits per heavy atom. The molecule has 0 amide bonds. The number of nitrogens with zero attached hydrogens (tertiary/aromatic N) is 2. The maximum Gasteiger partial charge on any atom is 0.124 e. The van der Waals surface area contributed by atoms with Gasteiger partial charge in [0, 0.05) is 18.1 Å². The van der Waals surface area contributed by atoms with E-state index in [-0.39, 0.29) is 17.9 Å². The van der Waals surface area contributed by atoms with Crippen LogP contribution in [-0.2, 0) is 6.54 Å². The van der Waals surface area contributed by atoms with Gasteiger partial charge < -0.3 is 10.6 Å². The normalized spacial score (nSPS) is 20.6. The van der Waals surface area contributed by atoms with E-state index in [1.807, 2.05) is 24.5 Å². The van der Waals surface area contributed by atoms with Gasteiger partial charge in [0.2, 0.25) is 0 Å². The van der Waals surface area contributed by atoms with Crippen LogP contribution < -0.4 is 5.73 Å². The molecule has 1 aliphatic heterocycles. The summed E-state index contributed by atoms with van der Waals surface area (Å²) >= 11 is 6.17. The van der Waals surface area contributed by atoms with Crippen molar-refractivity contribution in [3.63, 3.8) is 0 Å². The number of aliphatic imine (C=N–C) groups is 1. The largest absolute Gasteiger partial charge is 0.352 e. The van der Waals surface area contributed by atoms with Crippen LogP contribution in [0.5, 0.6) is 0 Å². The quantitative estimate of drug-likeness (QED) is 0.939. The highest BCUT2D eigenvalue weighted by Crippen LogP contribution is 2.34. The van der Waals surface area contributed by atoms with E-state index >= 15 is 0 Å². The highest BCUT2D eigenvalue weighted by Gasteiger charge is 2.32. The summed E-state index contributed by atoms with van der Waals surface area (Å²) in [5.74, 6) is -0.346. The highest BCUT2D eigenvalue weighted by atomic mass is 35.5. The van der Waals surface area contributed by atoms with Crippen molar-refractivity contribution in [2.45, 2.75) is 18.6 Å². The molecule has 2 aromatic rings. The van der Waals surface area contributed by atoms with Gasteiger partial charge in [-0.3, -0.25) is 4.99 Å². The molecule has 0 radical (unpaired) electrons. The summed E-state index contributed by atoms with van der Waals surface area (Å²) in [7, 11) is 0. The van der Waals surface area contributed by atoms with Crippen LogP contribution in [0.3, 0.4) is 0 Å². The molecule has 0 fully saturated rings. The van der Waals surface area contributed by atoms with Crippen LogP contribution in [0, 0.1) is 5.82 Å². The Morgan fingerprint density at radius 2 is 1.95 bits per heavy atom. The summed E-state index contributed by atoms with van der Waals surface area (Å²) in [5.41, 5.74) is 7.95. The van der Waals surface area contributed by atoms with Crippen molar-refractivity contribution in [3.8, 4) is 0 Å². The molecule has 0 aromatic heterocycles. The van der Waals surface area contributed by atoms with Gasteiger partial charge in [0.15, 0.2) is 0 Å². The molecule has 5 heteroatoms. The van der Waals surface area contributed by atoms with Crippen molar-refractivity contribution >= 4 is 17.9 Å². The molecule has 3 nitrogen and oxygen atoms in total. The van der Waals surface area contributed by atoms with Gasteiger partial charge in [0.05, 0.1) is 18.4 Å². The van der Waals surface area contributed by atoms with Crippen LogP contribution in [0.4, 0.5) is 4.39 Å². The topological polar surface area (TPSA) is 41.6 Å². The zero-order chi connectivity index (χ0) is 15.5. The van der Waals surface area contributed by atoms with Crippen LogP contribution >= 0.6 is 11.6 Å². The lowest BCUT2D eigenvalue weighted by molar-refractivity contribution is 0.310. The van der Waals surface area contributed by atoms with E-state index in [0.29, 0.717) is 11.6 Å². The Kier molecular flexibility index (Phi) is 4.41. The molecule has 3 rings (SSSR count). The van der Waals surface area contributed by atoms with Crippen molar-refractivity contribution in [2.24, 2.45) is 10.7 Å². The van der Waals surface area contributed by atoms with Gasteiger partial charge in [-0.05, 0) is 23.3 Å². The SMILES string of the molecule is NCC1C(c2ccc(F)cc2Cl)N=CN1Cc1ccccc1. The third-order valence-electron chi connectivity index (χ3n) is 3.90. The second kappa shape index (κ2) is 6.46. The molecule has 0 aliphatic carbocycles. The first kappa shape index (κ1) is 15.0. The molecule has 0 bridgehead atoms. The monoisotopic (exact) mass is 317 g/mol. The zero-order valence-corrected chi connectivity index (χ0v) is 12.7. The molecule has 114 valence electrons. The maximum absolute atomic E-state index is 13.2. The van der Waals surface area contributed by atoms with E-state index < -0.39 is 0 Å². The smallest absolute Gasteiger partial charge is 0.124 e. The third-order valence-corrected chi connectivity index (χ3v) is 4.22. The van der Waals surface area contributed by atoms with Gasteiger partial charge in [-0.15, -0.1) is 0 Å². The van der Waals surface area contributed by atoms with Crippen molar-refractivity contribution in [3.05, 3.63) is 70.5 Å². The predicted octanol–water partition coefficient (Wildman–Crippen LogP) is 3.39. The lowest BCUT2D eigenvalue weighted by Gasteiger charge is -2.27. The number of hydrogen-bond donors (Lipinski definition) is 1. The maximum atomic E-state index is 13.2. The summed E-state index contributed by atoms with van der Waals surface area (Å²) in [6, 6.07) is 14.4. The van der Waals surface area contributed by atoms with Gasteiger partial charge in [-0.25, -0.2) is 4.39 Å². The average Bonchev–Trinajstić information content (AvgIpc) is 2.91. The number of benzene rings is 2. The standard InChI is InChI=1S/C17H17ClFN3/c18-15-8-13(19)6-7-14(15)17-16(9-20)22(11-21-17)10-12-4-2-1-3-5-12/h1-8,11,16-17H,9-10,20H2. The predicted molar refractivity (Wildman–Crippen MR) is 87.5 cm³/mol. The lowest BCUT2D eigenvalue weighted by Crippen LogP contribution is -2.38. The first-order valence-electron chi connectivity index (χ1n) is 7.17. The Balaban J connectivity index is 1.82. The van der Waals surface area contributed by atoms with E-state index in [4.69, 9.17) is 17.3 Å². The lowest BCUT2D eigenvalue weighted by atomic mass is 9.99. The van der Waals surface area contributed by atoms with Crippen molar-refractivity contribution < 1.29 is 4.39 Å². The average molecular weight is 318 g/mol. The second-order valence-electron chi connectivity index (χ2n) is 5.34. The summed E-state index contributed by atoms with van der Waals surface area (Å²) in [6.45, 7) is 1.19. The fourth-order valence-corrected chi connectivity index (χ4v) is 3.05. The molecule has 2 aromatic carbocycles. The fourth-order valence-electron chi connectivity index (χ4n) is 2.77. The third kappa shape index (κ3) is 2.98. The van der Waals surface area contributed by atoms with Gasteiger partial charge in [-0.2, -0.15) is 0 Å². The van der Waals surface area contributed by atoms with Crippen molar-refractivity contribution in [1.29, 1.82) is 0 Å². The van der Waals surface area contributed by atoms with Crippen molar-refractivity contribution in [2.75, 3.05) is 6.54 Å². The first-order valence-corrected chi connectivity index (χ1v) is 7.55. The zero-order valence-electron chi connectivity index (χ0n) is 12.0. The van der Waals surface area contributed by atoms with Gasteiger partial charge in [0.25, 0.3) is 0 Å². The molecule has 2 unspecified atom stereocenters. The number of hydrogen-bond acceptors (Lipinski definition) is 3. The highest BCUT2D eigenvalue weighted by molar-refractivity contribution is 6.31. The van der Waals surface area contributed by atoms with Crippen LogP contribution in [0.2, 0.25) is 5.02 Å². The van der Waals surface area contributed by atoms with E-state index in [2.05, 4.69) is 22.0 Å². The molecule has 1 aliphatic rings. The molecule has 2 atom stereocenters. The minimum Gasteiger partial charge on any atom is -0.352 e. The van der Waals surface area contributed by atoms with E-state index in [9.17, 15) is 4.39 Å². The fraction of sp³-hybridized carbons (Fsp3) is 0.235. The summed E-state index contributed by atoms with van der Waals surface area (Å²) in [5, 5.41) is 0.391. The Morgan fingerprint density at radius 3 is 2.64 bits per heavy atom. The molecular weight excluding hydrogens is 301 g/mol. The molecule has 0 spiro atoms. The minimum atomic E-state index is -0.346. The van der Waals surface area contributed by atoms with Crippen LogP contribution in [0.15, 0.2) is 53.5 Å². The van der Waals surface area contributed by atoms with Gasteiger partial charge in [0.1, 0.15) is 5.82 Å². The molecule has 0 saturated carbocycles. The number of rotatable bonds is 4. The molecule has 22 heavy (non-hydrogen) atoms. The number of halogens is 2. The van der Waals surface area contributed by atoms with Gasteiger partial charge >= 0.3 is 0 Å². The Hall–Kier alpha value is -1.91. The van der Waals surface area contributed by atoms with E-state index in [1.165, 1.54) is 17.7 Å². The second-order valence-corrected chi connectivity index (χ2v) is 5.74. The van der Waals surface area contributed by atoms with E-state index in [1.54, 1.807) is 6.07 Å². The number of nitrogens with two attached hydrogens (primary N) is 1. The van der Waals surface area contributed by atoms with Gasteiger partial charge in [-0.1, -0.05) is 48.0 Å². The summed E-state index contributed by atoms with van der Waals surface area (Å²) in [6.07, 6.45) is 1.81. The summed E-state index contributed by atoms with van der Waals surface area (Å²) in [4.78, 5) is 6.65. The molecular formula is C17H17ClFN3. The molecule has 0 saturated heterocycles. The van der Waals surface area contributed by atoms with Crippen molar-refractivity contribution in [1.82, 2.24) is 4.90 Å². The van der Waals surface area contributed by atoms with Crippen LogP contribution in [0.1, 0.15) is 17.2 Å². The Bertz CT molecular complexity index is 675. The molecule has 1 heterocycles.